The van der Waals surface area contributed by atoms with E-state index in [0.29, 0.717) is 31.1 Å². The van der Waals surface area contributed by atoms with Gasteiger partial charge in [-0.3, -0.25) is 9.69 Å². The smallest absolute Gasteiger partial charge is 0.243 e. The second-order valence-corrected chi connectivity index (χ2v) is 8.99. The van der Waals surface area contributed by atoms with E-state index in [1.165, 1.54) is 4.31 Å². The van der Waals surface area contributed by atoms with Crippen molar-refractivity contribution in [3.05, 3.63) is 29.8 Å². The van der Waals surface area contributed by atoms with Crippen LogP contribution in [0.2, 0.25) is 0 Å². The van der Waals surface area contributed by atoms with Crippen LogP contribution in [-0.2, 0) is 14.8 Å². The van der Waals surface area contributed by atoms with E-state index in [0.717, 1.165) is 24.9 Å². The summed E-state index contributed by atoms with van der Waals surface area (Å²) >= 11 is 0. The summed E-state index contributed by atoms with van der Waals surface area (Å²) in [5.41, 5.74) is 1.03. The molecule has 0 aromatic heterocycles. The number of amides is 1. The predicted octanol–water partition coefficient (Wildman–Crippen LogP) is 1.95. The van der Waals surface area contributed by atoms with Gasteiger partial charge in [-0.1, -0.05) is 31.0 Å². The van der Waals surface area contributed by atoms with Gasteiger partial charge in [0, 0.05) is 26.2 Å². The zero-order valence-corrected chi connectivity index (χ0v) is 17.1. The quantitative estimate of drug-likeness (QED) is 0.724. The predicted molar refractivity (Wildman–Crippen MR) is 104 cm³/mol. The summed E-state index contributed by atoms with van der Waals surface area (Å²) in [7, 11) is -1.52. The van der Waals surface area contributed by atoms with Crippen molar-refractivity contribution >= 4 is 15.9 Å². The van der Waals surface area contributed by atoms with Crippen molar-refractivity contribution in [2.24, 2.45) is 0 Å². The van der Waals surface area contributed by atoms with Gasteiger partial charge in [0.1, 0.15) is 0 Å². The van der Waals surface area contributed by atoms with E-state index in [1.54, 1.807) is 29.2 Å². The summed E-state index contributed by atoms with van der Waals surface area (Å²) in [6, 6.07) is 6.72. The van der Waals surface area contributed by atoms with Gasteiger partial charge in [0.2, 0.25) is 15.9 Å². The van der Waals surface area contributed by atoms with Gasteiger partial charge in [-0.25, -0.2) is 8.42 Å². The molecule has 0 aliphatic carbocycles. The van der Waals surface area contributed by atoms with Gasteiger partial charge in [-0.2, -0.15) is 4.31 Å². The minimum atomic E-state index is -3.49. The highest BCUT2D eigenvalue weighted by Crippen LogP contribution is 2.18. The molecule has 7 heteroatoms. The monoisotopic (exact) mass is 381 g/mol. The summed E-state index contributed by atoms with van der Waals surface area (Å²) in [6.07, 6.45) is 2.16. The largest absolute Gasteiger partial charge is 0.339 e. The number of carbonyl (C=O) groups is 1. The van der Waals surface area contributed by atoms with Gasteiger partial charge in [-0.05, 0) is 46.0 Å². The maximum atomic E-state index is 12.7. The first-order valence-corrected chi connectivity index (χ1v) is 10.8. The fourth-order valence-electron chi connectivity index (χ4n) is 3.06. The molecule has 0 radical (unpaired) electrons. The fourth-order valence-corrected chi connectivity index (χ4v) is 4.48. The second-order valence-electron chi connectivity index (χ2n) is 7.05. The molecule has 26 heavy (non-hydrogen) atoms. The Bertz CT molecular complexity index is 695. The molecule has 0 saturated carbocycles. The van der Waals surface area contributed by atoms with Crippen LogP contribution in [0.4, 0.5) is 0 Å². The molecule has 6 nitrogen and oxygen atoms in total. The van der Waals surface area contributed by atoms with Crippen molar-refractivity contribution in [2.75, 3.05) is 39.8 Å². The normalized spacial score (nSPS) is 17.5. The number of rotatable bonds is 7. The van der Waals surface area contributed by atoms with Crippen molar-refractivity contribution in [1.29, 1.82) is 0 Å². The Morgan fingerprint density at radius 1 is 1.15 bits per heavy atom. The first-order chi connectivity index (χ1) is 12.3. The molecule has 1 aromatic carbocycles. The summed E-state index contributed by atoms with van der Waals surface area (Å²) in [5, 5.41) is 0. The van der Waals surface area contributed by atoms with Gasteiger partial charge in [-0.15, -0.1) is 0 Å². The lowest BCUT2D eigenvalue weighted by Gasteiger charge is -2.36. The molecule has 1 fully saturated rings. The van der Waals surface area contributed by atoms with Crippen molar-refractivity contribution in [3.8, 4) is 0 Å². The number of unbranched alkanes of at least 4 members (excludes halogenated alkanes) is 1. The molecule has 146 valence electrons. The molecule has 1 aromatic rings. The third-order valence-electron chi connectivity index (χ3n) is 5.09. The van der Waals surface area contributed by atoms with E-state index in [-0.39, 0.29) is 11.9 Å². The number of benzene rings is 1. The molecule has 1 heterocycles. The van der Waals surface area contributed by atoms with E-state index in [1.807, 2.05) is 20.9 Å². The Morgan fingerprint density at radius 3 is 2.27 bits per heavy atom. The van der Waals surface area contributed by atoms with E-state index < -0.39 is 10.0 Å². The van der Waals surface area contributed by atoms with Crippen LogP contribution < -0.4 is 0 Å². The van der Waals surface area contributed by atoms with Crippen LogP contribution in [-0.4, -0.2) is 74.2 Å². The van der Waals surface area contributed by atoms with Gasteiger partial charge >= 0.3 is 0 Å². The number of piperazine rings is 1. The first kappa shape index (κ1) is 20.9. The van der Waals surface area contributed by atoms with Gasteiger partial charge < -0.3 is 4.90 Å². The van der Waals surface area contributed by atoms with Crippen LogP contribution in [0.25, 0.3) is 0 Å². The Hall–Kier alpha value is -1.44. The van der Waals surface area contributed by atoms with Crippen LogP contribution in [0.3, 0.4) is 0 Å². The number of aryl methyl sites for hydroxylation is 1. The average molecular weight is 382 g/mol. The van der Waals surface area contributed by atoms with Crippen LogP contribution in [0, 0.1) is 6.92 Å². The van der Waals surface area contributed by atoms with Gasteiger partial charge in [0.05, 0.1) is 10.9 Å². The zero-order chi connectivity index (χ0) is 19.3. The van der Waals surface area contributed by atoms with E-state index in [2.05, 4.69) is 11.8 Å². The van der Waals surface area contributed by atoms with Crippen LogP contribution in [0.5, 0.6) is 0 Å². The lowest BCUT2D eigenvalue weighted by molar-refractivity contribution is -0.137. The summed E-state index contributed by atoms with van der Waals surface area (Å²) in [4.78, 5) is 16.9. The minimum absolute atomic E-state index is 0.0796. The lowest BCUT2D eigenvalue weighted by Crippen LogP contribution is -2.54. The molecular weight excluding hydrogens is 350 g/mol. The van der Waals surface area contributed by atoms with E-state index in [4.69, 9.17) is 0 Å². The lowest BCUT2D eigenvalue weighted by atomic mass is 10.2. The Labute approximate surface area is 157 Å². The van der Waals surface area contributed by atoms with Crippen molar-refractivity contribution < 1.29 is 13.2 Å². The summed E-state index contributed by atoms with van der Waals surface area (Å²) < 4.78 is 27.0. The third-order valence-corrected chi connectivity index (χ3v) is 7.00. The van der Waals surface area contributed by atoms with Crippen LogP contribution in [0.15, 0.2) is 29.2 Å². The molecule has 1 saturated heterocycles. The summed E-state index contributed by atoms with van der Waals surface area (Å²) in [6.45, 7) is 8.44. The molecule has 0 spiro atoms. The fraction of sp³-hybridized carbons (Fsp3) is 0.632. The number of carbonyl (C=O) groups excluding carboxylic acids is 1. The van der Waals surface area contributed by atoms with Crippen molar-refractivity contribution in [1.82, 2.24) is 14.1 Å². The molecule has 1 unspecified atom stereocenters. The van der Waals surface area contributed by atoms with Gasteiger partial charge in [0.25, 0.3) is 0 Å². The Kier molecular flexibility index (Phi) is 7.20. The molecule has 2 rings (SSSR count). The zero-order valence-electron chi connectivity index (χ0n) is 16.3. The molecule has 1 amide bonds. The molecular formula is C19H31N3O3S. The summed E-state index contributed by atoms with van der Waals surface area (Å²) in [5.74, 6) is 0.0796. The maximum absolute atomic E-state index is 12.7. The van der Waals surface area contributed by atoms with E-state index >= 15 is 0 Å². The van der Waals surface area contributed by atoms with Crippen molar-refractivity contribution in [3.63, 3.8) is 0 Å². The number of sulfonamides is 1. The number of hydrogen-bond acceptors (Lipinski definition) is 4. The first-order valence-electron chi connectivity index (χ1n) is 9.33. The number of hydrogen-bond donors (Lipinski definition) is 0. The molecule has 1 aliphatic rings. The van der Waals surface area contributed by atoms with Crippen molar-refractivity contribution in [2.45, 2.75) is 44.6 Å². The number of nitrogens with zero attached hydrogens (tertiary/aromatic N) is 3. The third kappa shape index (κ3) is 4.84. The van der Waals surface area contributed by atoms with Gasteiger partial charge in [0.15, 0.2) is 0 Å². The molecule has 1 aliphatic heterocycles. The average Bonchev–Trinajstić information content (AvgIpc) is 2.65. The highest BCUT2D eigenvalue weighted by Gasteiger charge is 2.32. The van der Waals surface area contributed by atoms with Crippen LogP contribution in [0.1, 0.15) is 32.3 Å². The molecule has 0 bridgehead atoms. The Balaban J connectivity index is 1.95. The topological polar surface area (TPSA) is 60.9 Å². The van der Waals surface area contributed by atoms with E-state index in [9.17, 15) is 13.2 Å². The highest BCUT2D eigenvalue weighted by atomic mass is 32.2. The molecule has 1 atom stereocenters. The Morgan fingerprint density at radius 2 is 1.73 bits per heavy atom. The molecule has 0 N–H and O–H groups in total. The number of likely N-dealkylation sites (N-methyl/N-ethyl adjacent to an activating group) is 1. The second kappa shape index (κ2) is 8.97. The van der Waals surface area contributed by atoms with Crippen LogP contribution >= 0.6 is 0 Å². The highest BCUT2D eigenvalue weighted by molar-refractivity contribution is 7.89. The SMILES string of the molecule is CCCCN(C)C(C)C(=O)N1CCN(S(=O)(=O)c2ccc(C)cc2)CC1. The minimum Gasteiger partial charge on any atom is -0.339 e. The maximum Gasteiger partial charge on any atom is 0.243 e. The standard InChI is InChI=1S/C19H31N3O3S/c1-5-6-11-20(4)17(3)19(23)21-12-14-22(15-13-21)26(24,25)18-9-7-16(2)8-10-18/h7-10,17H,5-6,11-15H2,1-4H3.